The zero-order valence-electron chi connectivity index (χ0n) is 35.9. The molecule has 0 saturated carbocycles. The quantitative estimate of drug-likeness (QED) is 0.0664. The maximum atomic E-state index is 14.0. The molecule has 3 amide bonds. The fraction of sp³-hybridized carbons (Fsp3) is 0.643. The van der Waals surface area contributed by atoms with E-state index >= 15 is 0 Å². The van der Waals surface area contributed by atoms with Gasteiger partial charge in [-0.15, -0.1) is 10.1 Å². The van der Waals surface area contributed by atoms with Crippen molar-refractivity contribution in [3.63, 3.8) is 0 Å². The Hall–Kier alpha value is -4.71. The molecule has 17 heteroatoms. The molecular formula is C42H62N4O13. The summed E-state index contributed by atoms with van der Waals surface area (Å²) < 4.78 is 39.8. The molecule has 0 aliphatic carbocycles. The van der Waals surface area contributed by atoms with Gasteiger partial charge in [0.1, 0.15) is 18.0 Å². The molecule has 0 N–H and O–H groups in total. The van der Waals surface area contributed by atoms with Gasteiger partial charge in [-0.05, 0) is 75.8 Å². The number of fused-ring (bicyclic) bond motifs is 1. The van der Waals surface area contributed by atoms with Gasteiger partial charge in [0.2, 0.25) is 12.2 Å². The van der Waals surface area contributed by atoms with Crippen LogP contribution in [0.25, 0.3) is 0 Å². The first-order valence-corrected chi connectivity index (χ1v) is 20.0. The number of amides is 3. The molecule has 2 aromatic rings. The SMILES string of the molecule is COCCCN1CCOc2ccc(CO[C@H]3CN(C(=O)OC(C)(C)C)[C@@H](CC(C)(C)C(=O)N(C)C(=O)OC(C)O[N+](=O)[O-])C[C@@H]3c3ccc(COCCOC)cc3)cc21. The second kappa shape index (κ2) is 21.5. The lowest BCUT2D eigenvalue weighted by atomic mass is 9.76. The Bertz CT molecular complexity index is 1700. The number of ether oxygens (including phenoxy) is 7. The number of carbonyl (C=O) groups excluding carboxylic acids is 3. The summed E-state index contributed by atoms with van der Waals surface area (Å²) in [5.41, 5.74) is 1.88. The summed E-state index contributed by atoms with van der Waals surface area (Å²) in [5, 5.41) is 9.65. The van der Waals surface area contributed by atoms with Crippen LogP contribution in [-0.2, 0) is 51.3 Å². The highest BCUT2D eigenvalue weighted by Gasteiger charge is 2.45. The van der Waals surface area contributed by atoms with Gasteiger partial charge in [0.15, 0.2) is 0 Å². The topological polar surface area (TPSA) is 178 Å². The summed E-state index contributed by atoms with van der Waals surface area (Å²) in [7, 11) is 4.55. The van der Waals surface area contributed by atoms with Crippen LogP contribution in [0.15, 0.2) is 42.5 Å². The van der Waals surface area contributed by atoms with Crippen molar-refractivity contribution in [2.24, 2.45) is 5.41 Å². The Morgan fingerprint density at radius 1 is 0.983 bits per heavy atom. The molecular weight excluding hydrogens is 768 g/mol. The average Bonchev–Trinajstić information content (AvgIpc) is 3.17. The summed E-state index contributed by atoms with van der Waals surface area (Å²) in [6.07, 6.45) is -2.27. The zero-order chi connectivity index (χ0) is 43.3. The van der Waals surface area contributed by atoms with Crippen molar-refractivity contribution in [1.29, 1.82) is 0 Å². The molecule has 4 atom stereocenters. The van der Waals surface area contributed by atoms with E-state index in [1.807, 2.05) is 36.4 Å². The number of benzene rings is 2. The number of anilines is 1. The van der Waals surface area contributed by atoms with Crippen molar-refractivity contribution in [3.8, 4) is 5.75 Å². The maximum Gasteiger partial charge on any atom is 0.418 e. The minimum atomic E-state index is -1.53. The third-order valence-electron chi connectivity index (χ3n) is 10.2. The first-order chi connectivity index (χ1) is 27.9. The highest BCUT2D eigenvalue weighted by atomic mass is 17.0. The van der Waals surface area contributed by atoms with E-state index in [0.717, 1.165) is 52.5 Å². The van der Waals surface area contributed by atoms with Gasteiger partial charge in [0.05, 0.1) is 51.3 Å². The number of rotatable bonds is 19. The van der Waals surface area contributed by atoms with Crippen LogP contribution in [0.5, 0.6) is 5.75 Å². The van der Waals surface area contributed by atoms with Crippen LogP contribution in [0.2, 0.25) is 0 Å². The number of imide groups is 1. The molecule has 17 nitrogen and oxygen atoms in total. The second-order valence-corrected chi connectivity index (χ2v) is 16.5. The van der Waals surface area contributed by atoms with E-state index in [2.05, 4.69) is 15.8 Å². The van der Waals surface area contributed by atoms with Crippen molar-refractivity contribution in [2.45, 2.75) is 104 Å². The van der Waals surface area contributed by atoms with Gasteiger partial charge in [-0.2, -0.15) is 0 Å². The van der Waals surface area contributed by atoms with Gasteiger partial charge >= 0.3 is 12.2 Å². The van der Waals surface area contributed by atoms with Crippen LogP contribution in [0.3, 0.4) is 0 Å². The van der Waals surface area contributed by atoms with Crippen molar-refractivity contribution in [2.75, 3.05) is 72.2 Å². The molecule has 4 rings (SSSR count). The predicted octanol–water partition coefficient (Wildman–Crippen LogP) is 6.33. The van der Waals surface area contributed by atoms with Gasteiger partial charge in [-0.25, -0.2) is 9.59 Å². The van der Waals surface area contributed by atoms with Gasteiger partial charge in [-0.1, -0.05) is 44.2 Å². The lowest BCUT2D eigenvalue weighted by Gasteiger charge is -2.46. The number of hydrogen-bond donors (Lipinski definition) is 0. The van der Waals surface area contributed by atoms with Crippen molar-refractivity contribution in [3.05, 3.63) is 69.3 Å². The number of carbonyl (C=O) groups is 3. The van der Waals surface area contributed by atoms with Crippen LogP contribution in [0.1, 0.15) is 83.4 Å². The van der Waals surface area contributed by atoms with Crippen LogP contribution in [-0.4, -0.2) is 124 Å². The first-order valence-electron chi connectivity index (χ1n) is 20.0. The molecule has 59 heavy (non-hydrogen) atoms. The van der Waals surface area contributed by atoms with Crippen LogP contribution < -0.4 is 9.64 Å². The van der Waals surface area contributed by atoms with E-state index in [9.17, 15) is 24.5 Å². The Kier molecular flexibility index (Phi) is 17.1. The molecule has 0 bridgehead atoms. The van der Waals surface area contributed by atoms with Gasteiger partial charge in [0, 0.05) is 51.8 Å². The summed E-state index contributed by atoms with van der Waals surface area (Å²) in [5.74, 6) is -0.0172. The molecule has 0 radical (unpaired) electrons. The molecule has 2 aliphatic rings. The monoisotopic (exact) mass is 830 g/mol. The highest BCUT2D eigenvalue weighted by Crippen LogP contribution is 2.41. The van der Waals surface area contributed by atoms with Gasteiger partial charge in [-0.3, -0.25) is 14.5 Å². The molecule has 2 aromatic carbocycles. The molecule has 2 heterocycles. The third-order valence-corrected chi connectivity index (χ3v) is 10.2. The van der Waals surface area contributed by atoms with Crippen LogP contribution in [0.4, 0.5) is 15.3 Å². The second-order valence-electron chi connectivity index (χ2n) is 16.5. The van der Waals surface area contributed by atoms with Gasteiger partial charge in [0.25, 0.3) is 5.09 Å². The van der Waals surface area contributed by atoms with Crippen molar-refractivity contribution >= 4 is 23.8 Å². The Labute approximate surface area is 347 Å². The number of likely N-dealkylation sites (tertiary alicyclic amines) is 1. The standard InChI is InChI=1S/C42H62N4O13/c1-29(59-46(50)51)57-39(48)43(7)38(47)42(5,6)25-33-24-34(32-14-11-30(12-15-32)27-54-22-21-53-9)37(26-45(33)40(49)58-41(2,3)4)56-28-31-13-16-36-35(23-31)44(18-20-55-36)17-10-19-52-8/h11-16,23,29,33-34,37H,10,17-22,24-28H2,1-9H3/t29?,33-,34-,37+/m1/s1. The predicted molar refractivity (Wildman–Crippen MR) is 216 cm³/mol. The minimum Gasteiger partial charge on any atom is -0.490 e. The lowest BCUT2D eigenvalue weighted by Crippen LogP contribution is -2.55. The molecule has 0 aromatic heterocycles. The molecule has 328 valence electrons. The normalized spacial score (nSPS) is 18.6. The van der Waals surface area contributed by atoms with E-state index in [1.54, 1.807) is 53.7 Å². The summed E-state index contributed by atoms with van der Waals surface area (Å²) in [4.78, 5) is 60.5. The lowest BCUT2D eigenvalue weighted by molar-refractivity contribution is -0.777. The van der Waals surface area contributed by atoms with E-state index in [-0.39, 0.29) is 25.5 Å². The Morgan fingerprint density at radius 3 is 2.34 bits per heavy atom. The smallest absolute Gasteiger partial charge is 0.418 e. The fourth-order valence-electron chi connectivity index (χ4n) is 7.31. The van der Waals surface area contributed by atoms with E-state index in [1.165, 1.54) is 14.0 Å². The Balaban J connectivity index is 1.64. The fourth-order valence-corrected chi connectivity index (χ4v) is 7.31. The van der Waals surface area contributed by atoms with Crippen LogP contribution >= 0.6 is 0 Å². The molecule has 1 fully saturated rings. The largest absolute Gasteiger partial charge is 0.490 e. The third kappa shape index (κ3) is 13.9. The first kappa shape index (κ1) is 47.0. The molecule has 0 spiro atoms. The zero-order valence-corrected chi connectivity index (χ0v) is 35.9. The maximum absolute atomic E-state index is 14.0. The summed E-state index contributed by atoms with van der Waals surface area (Å²) >= 11 is 0. The molecule has 1 unspecified atom stereocenters. The number of piperidine rings is 1. The highest BCUT2D eigenvalue weighted by molar-refractivity contribution is 5.94. The van der Waals surface area contributed by atoms with E-state index in [0.29, 0.717) is 39.5 Å². The number of methoxy groups -OCH3 is 2. The minimum absolute atomic E-state index is 0.141. The number of nitrogens with zero attached hydrogens (tertiary/aromatic N) is 4. The summed E-state index contributed by atoms with van der Waals surface area (Å²) in [6.45, 7) is 14.5. The van der Waals surface area contributed by atoms with Crippen molar-refractivity contribution in [1.82, 2.24) is 9.80 Å². The van der Waals surface area contributed by atoms with Gasteiger partial charge < -0.3 is 43.0 Å². The van der Waals surface area contributed by atoms with E-state index in [4.69, 9.17) is 33.2 Å². The Morgan fingerprint density at radius 2 is 1.68 bits per heavy atom. The van der Waals surface area contributed by atoms with E-state index < -0.39 is 52.6 Å². The molecule has 1 saturated heterocycles. The summed E-state index contributed by atoms with van der Waals surface area (Å²) in [6, 6.07) is 13.6. The molecule has 2 aliphatic heterocycles. The average molecular weight is 831 g/mol. The van der Waals surface area contributed by atoms with Crippen LogP contribution in [0, 0.1) is 15.5 Å². The van der Waals surface area contributed by atoms with Crippen molar-refractivity contribution < 1.29 is 57.5 Å². The number of hydrogen-bond acceptors (Lipinski definition) is 14.